The number of rotatable bonds is 6. The highest BCUT2D eigenvalue weighted by atomic mass is 16.5. The van der Waals surface area contributed by atoms with Crippen LogP contribution in [0.2, 0.25) is 0 Å². The van der Waals surface area contributed by atoms with E-state index in [-0.39, 0.29) is 0 Å². The molecule has 3 aromatic rings. The van der Waals surface area contributed by atoms with Gasteiger partial charge in [-0.15, -0.1) is 0 Å². The number of nitrogens with one attached hydrogen (secondary N) is 1. The fourth-order valence-corrected chi connectivity index (χ4v) is 3.11. The quantitative estimate of drug-likeness (QED) is 0.731. The molecule has 134 valence electrons. The molecule has 0 amide bonds. The Morgan fingerprint density at radius 2 is 2.12 bits per heavy atom. The maximum absolute atomic E-state index is 5.33. The van der Waals surface area contributed by atoms with Gasteiger partial charge < -0.3 is 14.3 Å². The molecule has 7 nitrogen and oxygen atoms in total. The summed E-state index contributed by atoms with van der Waals surface area (Å²) < 4.78 is 10.2. The summed E-state index contributed by atoms with van der Waals surface area (Å²) in [5, 5.41) is 7.29. The molecule has 0 saturated carbocycles. The molecule has 0 saturated heterocycles. The van der Waals surface area contributed by atoms with Crippen molar-refractivity contribution in [3.63, 3.8) is 0 Å². The van der Waals surface area contributed by atoms with Gasteiger partial charge in [0.25, 0.3) is 0 Å². The Hall–Kier alpha value is -2.93. The van der Waals surface area contributed by atoms with Crippen molar-refractivity contribution in [2.24, 2.45) is 0 Å². The van der Waals surface area contributed by atoms with Crippen LogP contribution >= 0.6 is 0 Å². The van der Waals surface area contributed by atoms with Crippen molar-refractivity contribution >= 4 is 11.9 Å². The lowest BCUT2D eigenvalue weighted by Gasteiger charge is -2.17. The minimum absolute atomic E-state index is 0.593. The van der Waals surface area contributed by atoms with Crippen LogP contribution in [0.5, 0.6) is 0 Å². The lowest BCUT2D eigenvalue weighted by Crippen LogP contribution is -2.26. The van der Waals surface area contributed by atoms with E-state index in [1.807, 2.05) is 24.3 Å². The van der Waals surface area contributed by atoms with Crippen molar-refractivity contribution < 1.29 is 8.94 Å². The number of fused-ring (bicyclic) bond motifs is 1. The zero-order valence-electron chi connectivity index (χ0n) is 14.5. The van der Waals surface area contributed by atoms with E-state index in [4.69, 9.17) is 8.94 Å². The van der Waals surface area contributed by atoms with Gasteiger partial charge in [0.05, 0.1) is 18.5 Å². The van der Waals surface area contributed by atoms with E-state index in [0.29, 0.717) is 6.54 Å². The Labute approximate surface area is 151 Å². The molecular weight excluding hydrogens is 330 g/mol. The van der Waals surface area contributed by atoms with E-state index >= 15 is 0 Å². The molecule has 7 heteroatoms. The normalized spacial score (nSPS) is 15.1. The second kappa shape index (κ2) is 7.97. The van der Waals surface area contributed by atoms with E-state index in [0.717, 1.165) is 55.4 Å². The van der Waals surface area contributed by atoms with E-state index in [1.54, 1.807) is 18.9 Å². The maximum Gasteiger partial charge on any atom is 0.133 e. The fourth-order valence-electron chi connectivity index (χ4n) is 3.11. The van der Waals surface area contributed by atoms with Gasteiger partial charge in [0.1, 0.15) is 29.9 Å². The second-order valence-electron chi connectivity index (χ2n) is 6.21. The molecule has 0 unspecified atom stereocenters. The first kappa shape index (κ1) is 16.5. The fraction of sp³-hybridized carbons (Fsp3) is 0.316. The SMILES string of the molecule is C(=Cc1ccco1)CN1CCc2ncnc(NCc3ccon3)c2CC1. The summed E-state index contributed by atoms with van der Waals surface area (Å²) >= 11 is 0. The average Bonchev–Trinajstić information content (AvgIpc) is 3.33. The van der Waals surface area contributed by atoms with Crippen molar-refractivity contribution in [2.75, 3.05) is 25.0 Å². The first-order chi connectivity index (χ1) is 12.9. The minimum atomic E-state index is 0.593. The third kappa shape index (κ3) is 4.00. The van der Waals surface area contributed by atoms with E-state index in [2.05, 4.69) is 31.4 Å². The van der Waals surface area contributed by atoms with Gasteiger partial charge in [-0.2, -0.15) is 0 Å². The minimum Gasteiger partial charge on any atom is -0.465 e. The maximum atomic E-state index is 5.33. The van der Waals surface area contributed by atoms with Gasteiger partial charge in [-0.25, -0.2) is 9.97 Å². The van der Waals surface area contributed by atoms with Crippen LogP contribution in [0.3, 0.4) is 0 Å². The van der Waals surface area contributed by atoms with E-state index in [9.17, 15) is 0 Å². The Kier molecular flexibility index (Phi) is 5.07. The number of nitrogens with zero attached hydrogens (tertiary/aromatic N) is 4. The van der Waals surface area contributed by atoms with Gasteiger partial charge in [0.15, 0.2) is 0 Å². The number of furan rings is 1. The van der Waals surface area contributed by atoms with Crippen LogP contribution < -0.4 is 5.32 Å². The number of anilines is 1. The molecule has 0 aliphatic carbocycles. The molecule has 4 rings (SSSR count). The van der Waals surface area contributed by atoms with Crippen LogP contribution in [0.4, 0.5) is 5.82 Å². The Morgan fingerprint density at radius 3 is 2.96 bits per heavy atom. The van der Waals surface area contributed by atoms with Crippen LogP contribution in [0.15, 0.2) is 52.1 Å². The Morgan fingerprint density at radius 1 is 1.15 bits per heavy atom. The van der Waals surface area contributed by atoms with E-state index in [1.165, 1.54) is 5.56 Å². The molecule has 0 spiro atoms. The smallest absolute Gasteiger partial charge is 0.133 e. The molecule has 0 bridgehead atoms. The summed E-state index contributed by atoms with van der Waals surface area (Å²) in [6.07, 6.45) is 10.9. The number of aromatic nitrogens is 3. The van der Waals surface area contributed by atoms with E-state index < -0.39 is 0 Å². The van der Waals surface area contributed by atoms with Gasteiger partial charge in [-0.1, -0.05) is 11.2 Å². The predicted octanol–water partition coefficient (Wildman–Crippen LogP) is 2.78. The second-order valence-corrected chi connectivity index (χ2v) is 6.21. The van der Waals surface area contributed by atoms with Crippen LogP contribution in [0, 0.1) is 0 Å². The predicted molar refractivity (Wildman–Crippen MR) is 97.5 cm³/mol. The lowest BCUT2D eigenvalue weighted by atomic mass is 10.1. The third-order valence-corrected chi connectivity index (χ3v) is 4.49. The lowest BCUT2D eigenvalue weighted by molar-refractivity contribution is 0.318. The van der Waals surface area contributed by atoms with Crippen LogP contribution in [0.25, 0.3) is 6.08 Å². The van der Waals surface area contributed by atoms with Crippen molar-refractivity contribution in [1.29, 1.82) is 0 Å². The summed E-state index contributed by atoms with van der Waals surface area (Å²) in [6.45, 7) is 3.44. The highest BCUT2D eigenvalue weighted by Gasteiger charge is 2.18. The highest BCUT2D eigenvalue weighted by molar-refractivity contribution is 5.47. The topological polar surface area (TPSA) is 80.2 Å². The molecule has 0 aromatic carbocycles. The Bertz CT molecular complexity index is 843. The Balaban J connectivity index is 1.38. The summed E-state index contributed by atoms with van der Waals surface area (Å²) in [5.41, 5.74) is 3.18. The summed E-state index contributed by atoms with van der Waals surface area (Å²) in [7, 11) is 0. The van der Waals surface area contributed by atoms with Crippen LogP contribution in [-0.4, -0.2) is 39.7 Å². The summed E-state index contributed by atoms with van der Waals surface area (Å²) in [4.78, 5) is 11.3. The molecule has 26 heavy (non-hydrogen) atoms. The molecule has 3 aromatic heterocycles. The zero-order valence-corrected chi connectivity index (χ0v) is 14.5. The van der Waals surface area contributed by atoms with Gasteiger partial charge in [0.2, 0.25) is 0 Å². The molecule has 1 aliphatic rings. The summed E-state index contributed by atoms with van der Waals surface area (Å²) in [6, 6.07) is 5.70. The summed E-state index contributed by atoms with van der Waals surface area (Å²) in [5.74, 6) is 1.78. The molecular formula is C19H21N5O2. The van der Waals surface area contributed by atoms with Gasteiger partial charge in [-0.05, 0) is 24.6 Å². The zero-order chi connectivity index (χ0) is 17.6. The van der Waals surface area contributed by atoms with Crippen molar-refractivity contribution in [3.8, 4) is 0 Å². The average molecular weight is 351 g/mol. The standard InChI is InChI=1S/C19H21N5O2/c1(3-16-4-2-11-25-16)8-24-9-5-17-18(6-10-24)21-14-22-19(17)20-13-15-7-12-26-23-15/h1-4,7,11-12,14H,5-6,8-10,13H2,(H,20,21,22). The van der Waals surface area contributed by atoms with Crippen LogP contribution in [0.1, 0.15) is 22.7 Å². The van der Waals surface area contributed by atoms with Crippen LogP contribution in [-0.2, 0) is 19.4 Å². The molecule has 1 N–H and O–H groups in total. The van der Waals surface area contributed by atoms with Gasteiger partial charge in [0, 0.05) is 37.7 Å². The number of hydrogen-bond donors (Lipinski definition) is 1. The van der Waals surface area contributed by atoms with Crippen molar-refractivity contribution in [3.05, 3.63) is 65.8 Å². The molecule has 1 aliphatic heterocycles. The number of hydrogen-bond acceptors (Lipinski definition) is 7. The highest BCUT2D eigenvalue weighted by Crippen LogP contribution is 2.21. The molecule has 0 radical (unpaired) electrons. The molecule has 4 heterocycles. The molecule has 0 fully saturated rings. The van der Waals surface area contributed by atoms with Crippen molar-refractivity contribution in [2.45, 2.75) is 19.4 Å². The van der Waals surface area contributed by atoms with Crippen molar-refractivity contribution in [1.82, 2.24) is 20.0 Å². The van der Waals surface area contributed by atoms with Gasteiger partial charge in [-0.3, -0.25) is 4.90 Å². The largest absolute Gasteiger partial charge is 0.465 e. The first-order valence-electron chi connectivity index (χ1n) is 8.77. The van der Waals surface area contributed by atoms with Gasteiger partial charge >= 0.3 is 0 Å². The first-order valence-corrected chi connectivity index (χ1v) is 8.77. The monoisotopic (exact) mass is 351 g/mol. The molecule has 0 atom stereocenters. The third-order valence-electron chi connectivity index (χ3n) is 4.49.